The first-order valence-electron chi connectivity index (χ1n) is 9.58. The van der Waals surface area contributed by atoms with Crippen molar-refractivity contribution in [3.8, 4) is 0 Å². The Morgan fingerprint density at radius 3 is 2.83 bits per heavy atom. The first-order valence-corrected chi connectivity index (χ1v) is 9.58. The summed E-state index contributed by atoms with van der Waals surface area (Å²) in [5.41, 5.74) is 4.15. The Morgan fingerprint density at radius 1 is 1.07 bits per heavy atom. The number of hydrogen-bond acceptors (Lipinski definition) is 8. The highest BCUT2D eigenvalue weighted by Crippen LogP contribution is 2.26. The Balaban J connectivity index is 1.34. The van der Waals surface area contributed by atoms with Gasteiger partial charge < -0.3 is 20.4 Å². The molecule has 10 heteroatoms. The van der Waals surface area contributed by atoms with E-state index < -0.39 is 0 Å². The molecule has 3 aromatic heterocycles. The van der Waals surface area contributed by atoms with Crippen molar-refractivity contribution in [2.45, 2.75) is 13.1 Å². The number of carbonyl (C=O) groups excluding carboxylic acids is 1. The van der Waals surface area contributed by atoms with E-state index in [4.69, 9.17) is 0 Å². The minimum absolute atomic E-state index is 0.280. The molecule has 3 N–H and O–H groups in total. The Kier molecular flexibility index (Phi) is 4.53. The molecule has 1 fully saturated rings. The maximum absolute atomic E-state index is 12.9. The molecule has 148 valence electrons. The summed E-state index contributed by atoms with van der Waals surface area (Å²) in [4.78, 5) is 30.1. The Bertz CT molecular complexity index is 1010. The standard InChI is InChI=1S/C19H21N9O/c29-18(24-15-10-21-3-2-17(15)27-7-5-20-6-8-27)14-1-4-22-19(25-14)28-11-13-9-23-26-16(13)12-28/h1-4,9-10,20H,5-8,11-12H2,(H,23,26)(H,24,29). The summed E-state index contributed by atoms with van der Waals surface area (Å²) >= 11 is 0. The summed E-state index contributed by atoms with van der Waals surface area (Å²) in [5, 5.41) is 13.3. The normalized spacial score (nSPS) is 16.0. The van der Waals surface area contributed by atoms with Crippen LogP contribution in [-0.4, -0.2) is 57.2 Å². The van der Waals surface area contributed by atoms with Crippen LogP contribution in [-0.2, 0) is 13.1 Å². The highest BCUT2D eigenvalue weighted by Gasteiger charge is 2.24. The number of aromatic amines is 1. The van der Waals surface area contributed by atoms with Gasteiger partial charge in [0.15, 0.2) is 0 Å². The molecule has 0 saturated carbocycles. The molecule has 0 unspecified atom stereocenters. The van der Waals surface area contributed by atoms with Crippen LogP contribution in [0.15, 0.2) is 36.9 Å². The Hall–Kier alpha value is -3.53. The van der Waals surface area contributed by atoms with E-state index in [1.807, 2.05) is 17.2 Å². The molecule has 0 atom stereocenters. The second-order valence-electron chi connectivity index (χ2n) is 7.06. The van der Waals surface area contributed by atoms with Gasteiger partial charge in [0.1, 0.15) is 5.69 Å². The second kappa shape index (κ2) is 7.47. The summed E-state index contributed by atoms with van der Waals surface area (Å²) in [7, 11) is 0. The molecule has 5 heterocycles. The number of amides is 1. The van der Waals surface area contributed by atoms with Crippen LogP contribution >= 0.6 is 0 Å². The summed E-state index contributed by atoms with van der Waals surface area (Å²) in [6.45, 7) is 4.92. The van der Waals surface area contributed by atoms with Gasteiger partial charge in [-0.05, 0) is 12.1 Å². The molecule has 0 aromatic carbocycles. The van der Waals surface area contributed by atoms with Gasteiger partial charge >= 0.3 is 0 Å². The van der Waals surface area contributed by atoms with Crippen molar-refractivity contribution >= 4 is 23.2 Å². The van der Waals surface area contributed by atoms with Crippen LogP contribution in [0.1, 0.15) is 21.7 Å². The first-order chi connectivity index (χ1) is 14.3. The van der Waals surface area contributed by atoms with Crippen molar-refractivity contribution in [1.82, 2.24) is 30.5 Å². The van der Waals surface area contributed by atoms with E-state index in [9.17, 15) is 4.79 Å². The Labute approximate surface area is 167 Å². The molecule has 1 saturated heterocycles. The highest BCUT2D eigenvalue weighted by molar-refractivity contribution is 6.04. The van der Waals surface area contributed by atoms with Crippen LogP contribution in [0.2, 0.25) is 0 Å². The van der Waals surface area contributed by atoms with Crippen LogP contribution in [0, 0.1) is 0 Å². The number of pyridine rings is 1. The lowest BCUT2D eigenvalue weighted by molar-refractivity contribution is 0.102. The maximum atomic E-state index is 12.9. The molecule has 5 rings (SSSR count). The first kappa shape index (κ1) is 17.6. The zero-order valence-corrected chi connectivity index (χ0v) is 15.8. The number of nitrogens with zero attached hydrogens (tertiary/aromatic N) is 6. The van der Waals surface area contributed by atoms with Crippen molar-refractivity contribution in [2.75, 3.05) is 41.3 Å². The number of fused-ring (bicyclic) bond motifs is 1. The quantitative estimate of drug-likeness (QED) is 0.598. The lowest BCUT2D eigenvalue weighted by Gasteiger charge is -2.30. The van der Waals surface area contributed by atoms with Crippen LogP contribution in [0.4, 0.5) is 17.3 Å². The predicted molar refractivity (Wildman–Crippen MR) is 108 cm³/mol. The van der Waals surface area contributed by atoms with Crippen LogP contribution in [0.25, 0.3) is 0 Å². The summed E-state index contributed by atoms with van der Waals surface area (Å²) < 4.78 is 0. The van der Waals surface area contributed by atoms with E-state index in [1.54, 1.807) is 24.7 Å². The average Bonchev–Trinajstić information content (AvgIpc) is 3.37. The van der Waals surface area contributed by atoms with Crippen LogP contribution < -0.4 is 20.4 Å². The average molecular weight is 391 g/mol. The smallest absolute Gasteiger partial charge is 0.274 e. The fourth-order valence-corrected chi connectivity index (χ4v) is 3.68. The third-order valence-corrected chi connectivity index (χ3v) is 5.18. The third-order valence-electron chi connectivity index (χ3n) is 5.18. The van der Waals surface area contributed by atoms with E-state index in [2.05, 4.69) is 40.7 Å². The lowest BCUT2D eigenvalue weighted by Crippen LogP contribution is -2.43. The van der Waals surface area contributed by atoms with Gasteiger partial charge in [-0.1, -0.05) is 0 Å². The molecule has 0 radical (unpaired) electrons. The number of aromatic nitrogens is 5. The number of carbonyl (C=O) groups is 1. The molecule has 1 amide bonds. The van der Waals surface area contributed by atoms with E-state index in [1.165, 1.54) is 0 Å². The number of nitrogens with one attached hydrogen (secondary N) is 3. The van der Waals surface area contributed by atoms with Gasteiger partial charge in [-0.15, -0.1) is 0 Å². The number of piperazine rings is 1. The molecule has 0 spiro atoms. The number of anilines is 3. The molecule has 2 aliphatic rings. The number of H-pyrrole nitrogens is 1. The fraction of sp³-hybridized carbons (Fsp3) is 0.316. The van der Waals surface area contributed by atoms with Crippen molar-refractivity contribution in [3.63, 3.8) is 0 Å². The number of hydrogen-bond donors (Lipinski definition) is 3. The molecule has 29 heavy (non-hydrogen) atoms. The van der Waals surface area contributed by atoms with Gasteiger partial charge in [0.25, 0.3) is 5.91 Å². The lowest BCUT2D eigenvalue weighted by atomic mass is 10.2. The fourth-order valence-electron chi connectivity index (χ4n) is 3.68. The highest BCUT2D eigenvalue weighted by atomic mass is 16.1. The van der Waals surface area contributed by atoms with E-state index >= 15 is 0 Å². The molecule has 10 nitrogen and oxygen atoms in total. The Morgan fingerprint density at radius 2 is 1.97 bits per heavy atom. The van der Waals surface area contributed by atoms with Crippen molar-refractivity contribution in [2.24, 2.45) is 0 Å². The van der Waals surface area contributed by atoms with Gasteiger partial charge in [-0.2, -0.15) is 5.10 Å². The minimum Gasteiger partial charge on any atom is -0.367 e. The van der Waals surface area contributed by atoms with Crippen molar-refractivity contribution in [3.05, 3.63) is 53.9 Å². The summed E-state index contributed by atoms with van der Waals surface area (Å²) in [5.74, 6) is 0.244. The van der Waals surface area contributed by atoms with E-state index in [0.29, 0.717) is 30.4 Å². The van der Waals surface area contributed by atoms with E-state index in [-0.39, 0.29) is 5.91 Å². The summed E-state index contributed by atoms with van der Waals surface area (Å²) in [6.07, 6.45) is 6.85. The molecular formula is C19H21N9O. The molecule has 0 bridgehead atoms. The maximum Gasteiger partial charge on any atom is 0.274 e. The summed E-state index contributed by atoms with van der Waals surface area (Å²) in [6, 6.07) is 3.55. The van der Waals surface area contributed by atoms with Gasteiger partial charge in [0, 0.05) is 50.7 Å². The molecule has 2 aliphatic heterocycles. The van der Waals surface area contributed by atoms with Crippen LogP contribution in [0.3, 0.4) is 0 Å². The topological polar surface area (TPSA) is 115 Å². The zero-order valence-electron chi connectivity index (χ0n) is 15.8. The van der Waals surface area contributed by atoms with Crippen molar-refractivity contribution < 1.29 is 4.79 Å². The molecular weight excluding hydrogens is 370 g/mol. The second-order valence-corrected chi connectivity index (χ2v) is 7.06. The SMILES string of the molecule is O=C(Nc1cnccc1N1CCNCC1)c1ccnc(N2Cc3cn[nH]c3C2)n1. The molecule has 0 aliphatic carbocycles. The molecule has 3 aromatic rings. The van der Waals surface area contributed by atoms with Gasteiger partial charge in [-0.25, -0.2) is 9.97 Å². The predicted octanol–water partition coefficient (Wildman–Crippen LogP) is 0.777. The van der Waals surface area contributed by atoms with Gasteiger partial charge in [-0.3, -0.25) is 14.9 Å². The van der Waals surface area contributed by atoms with Crippen LogP contribution in [0.5, 0.6) is 0 Å². The van der Waals surface area contributed by atoms with Gasteiger partial charge in [0.2, 0.25) is 5.95 Å². The zero-order chi connectivity index (χ0) is 19.6. The largest absolute Gasteiger partial charge is 0.367 e. The van der Waals surface area contributed by atoms with Gasteiger partial charge in [0.05, 0.1) is 36.0 Å². The minimum atomic E-state index is -0.280. The third kappa shape index (κ3) is 3.49. The monoisotopic (exact) mass is 391 g/mol. The number of rotatable bonds is 4. The van der Waals surface area contributed by atoms with E-state index in [0.717, 1.165) is 43.1 Å². The van der Waals surface area contributed by atoms with Crippen molar-refractivity contribution in [1.29, 1.82) is 0 Å².